The number of para-hydroxylation sites is 1. The van der Waals surface area contributed by atoms with Crippen molar-refractivity contribution in [2.75, 3.05) is 5.32 Å². The van der Waals surface area contributed by atoms with E-state index in [4.69, 9.17) is 5.11 Å². The van der Waals surface area contributed by atoms with E-state index in [9.17, 15) is 9.59 Å². The number of aliphatic carboxylic acids is 1. The number of carboxylic acids is 1. The summed E-state index contributed by atoms with van der Waals surface area (Å²) < 4.78 is 1.90. The fourth-order valence-corrected chi connectivity index (χ4v) is 3.17. The first kappa shape index (κ1) is 19.4. The summed E-state index contributed by atoms with van der Waals surface area (Å²) in [5.41, 5.74) is 5.66. The number of carbonyl (C=O) groups is 2. The van der Waals surface area contributed by atoms with Gasteiger partial charge in [0.15, 0.2) is 0 Å². The second-order valence-corrected chi connectivity index (χ2v) is 6.92. The minimum atomic E-state index is -0.853. The molecule has 0 radical (unpaired) electrons. The van der Waals surface area contributed by atoms with E-state index in [0.717, 1.165) is 33.8 Å². The number of nitrogens with one attached hydrogen (secondary N) is 1. The maximum absolute atomic E-state index is 12.7. The molecule has 2 N–H and O–H groups in total. The molecule has 0 atom stereocenters. The van der Waals surface area contributed by atoms with Crippen LogP contribution < -0.4 is 5.32 Å². The average Bonchev–Trinajstić information content (AvgIpc) is 3.05. The molecule has 1 amide bonds. The molecule has 0 aliphatic rings. The second-order valence-electron chi connectivity index (χ2n) is 6.92. The summed E-state index contributed by atoms with van der Waals surface area (Å²) in [5.74, 6) is -0.996. The van der Waals surface area contributed by atoms with Crippen LogP contribution in [0.4, 0.5) is 5.69 Å². The molecule has 28 heavy (non-hydrogen) atoms. The standard InChI is InChI=1S/C23H24N2O3/c1-16-7-9-18(10-8-16)21-13-11-19(12-14-23(27)28)25(21)15-22(26)24-20-6-4-3-5-17(20)2/h3-11,13H,12,14-15H2,1-2H3,(H,24,26)(H,27,28). The normalized spacial score (nSPS) is 10.6. The molecule has 0 aliphatic carbocycles. The highest BCUT2D eigenvalue weighted by atomic mass is 16.4. The van der Waals surface area contributed by atoms with Crippen LogP contribution in [0.15, 0.2) is 60.7 Å². The minimum absolute atomic E-state index is 0.0246. The first-order chi connectivity index (χ1) is 13.4. The largest absolute Gasteiger partial charge is 0.481 e. The van der Waals surface area contributed by atoms with Crippen LogP contribution in [0, 0.1) is 13.8 Å². The van der Waals surface area contributed by atoms with Gasteiger partial charge in [-0.1, -0.05) is 48.0 Å². The van der Waals surface area contributed by atoms with Crippen LogP contribution in [0.1, 0.15) is 23.2 Å². The van der Waals surface area contributed by atoms with Crippen LogP contribution in [0.5, 0.6) is 0 Å². The Bertz CT molecular complexity index is 987. The monoisotopic (exact) mass is 376 g/mol. The zero-order valence-electron chi connectivity index (χ0n) is 16.1. The molecule has 5 nitrogen and oxygen atoms in total. The summed E-state index contributed by atoms with van der Waals surface area (Å²) in [6.07, 6.45) is 0.398. The van der Waals surface area contributed by atoms with Crippen LogP contribution in [0.2, 0.25) is 0 Å². The highest BCUT2D eigenvalue weighted by molar-refractivity contribution is 5.91. The Morgan fingerprint density at radius 1 is 0.964 bits per heavy atom. The number of aromatic nitrogens is 1. The maximum Gasteiger partial charge on any atom is 0.303 e. The molecule has 144 valence electrons. The van der Waals surface area contributed by atoms with E-state index >= 15 is 0 Å². The van der Waals surface area contributed by atoms with E-state index in [1.807, 2.05) is 79.1 Å². The van der Waals surface area contributed by atoms with Crippen molar-refractivity contribution in [2.45, 2.75) is 33.2 Å². The smallest absolute Gasteiger partial charge is 0.303 e. The lowest BCUT2D eigenvalue weighted by atomic mass is 10.1. The first-order valence-electron chi connectivity index (χ1n) is 9.27. The third kappa shape index (κ3) is 4.68. The quantitative estimate of drug-likeness (QED) is 0.641. The van der Waals surface area contributed by atoms with Crippen LogP contribution >= 0.6 is 0 Å². The van der Waals surface area contributed by atoms with Gasteiger partial charge >= 0.3 is 5.97 Å². The summed E-state index contributed by atoms with van der Waals surface area (Å²) in [6.45, 7) is 4.09. The summed E-state index contributed by atoms with van der Waals surface area (Å²) in [6, 6.07) is 19.6. The minimum Gasteiger partial charge on any atom is -0.481 e. The zero-order valence-corrected chi connectivity index (χ0v) is 16.1. The molecule has 0 fully saturated rings. The van der Waals surface area contributed by atoms with Gasteiger partial charge in [0.1, 0.15) is 6.54 Å². The van der Waals surface area contributed by atoms with Crippen molar-refractivity contribution in [2.24, 2.45) is 0 Å². The molecule has 0 aliphatic heterocycles. The number of nitrogens with zero attached hydrogens (tertiary/aromatic N) is 1. The predicted octanol–water partition coefficient (Wildman–Crippen LogP) is 4.43. The lowest BCUT2D eigenvalue weighted by molar-refractivity contribution is -0.137. The van der Waals surface area contributed by atoms with Gasteiger partial charge in [0, 0.05) is 17.1 Å². The van der Waals surface area contributed by atoms with Crippen LogP contribution in [-0.4, -0.2) is 21.6 Å². The Kier molecular flexibility index (Phi) is 5.94. The Morgan fingerprint density at radius 2 is 1.68 bits per heavy atom. The lowest BCUT2D eigenvalue weighted by Crippen LogP contribution is -2.21. The van der Waals surface area contributed by atoms with Gasteiger partial charge in [-0.3, -0.25) is 9.59 Å². The number of carboxylic acid groups (broad SMARTS) is 1. The van der Waals surface area contributed by atoms with Gasteiger partial charge in [0.05, 0.1) is 6.42 Å². The molecule has 3 aromatic rings. The molecular weight excluding hydrogens is 352 g/mol. The van der Waals surface area contributed by atoms with E-state index in [0.29, 0.717) is 6.42 Å². The number of hydrogen-bond donors (Lipinski definition) is 2. The van der Waals surface area contributed by atoms with E-state index in [1.54, 1.807) is 0 Å². The molecule has 0 bridgehead atoms. The molecule has 2 aromatic carbocycles. The fourth-order valence-electron chi connectivity index (χ4n) is 3.17. The molecule has 3 rings (SSSR count). The van der Waals surface area contributed by atoms with Gasteiger partial charge in [0.25, 0.3) is 0 Å². The van der Waals surface area contributed by atoms with E-state index < -0.39 is 5.97 Å². The number of hydrogen-bond acceptors (Lipinski definition) is 2. The Hall–Kier alpha value is -3.34. The summed E-state index contributed by atoms with van der Waals surface area (Å²) in [7, 11) is 0. The summed E-state index contributed by atoms with van der Waals surface area (Å²) in [5, 5.41) is 12.0. The summed E-state index contributed by atoms with van der Waals surface area (Å²) >= 11 is 0. The van der Waals surface area contributed by atoms with Crippen LogP contribution in [0.3, 0.4) is 0 Å². The van der Waals surface area contributed by atoms with Gasteiger partial charge in [0.2, 0.25) is 5.91 Å². The highest BCUT2D eigenvalue weighted by Gasteiger charge is 2.15. The third-order valence-corrected chi connectivity index (χ3v) is 4.73. The van der Waals surface area contributed by atoms with Crippen molar-refractivity contribution in [3.63, 3.8) is 0 Å². The number of benzene rings is 2. The molecular formula is C23H24N2O3. The Labute approximate surface area is 164 Å². The highest BCUT2D eigenvalue weighted by Crippen LogP contribution is 2.24. The number of amides is 1. The van der Waals surface area contributed by atoms with Crippen molar-refractivity contribution >= 4 is 17.6 Å². The van der Waals surface area contributed by atoms with Crippen molar-refractivity contribution in [1.82, 2.24) is 4.57 Å². The number of rotatable bonds is 7. The van der Waals surface area contributed by atoms with E-state index in [2.05, 4.69) is 5.32 Å². The molecule has 1 aromatic heterocycles. The molecule has 1 heterocycles. The number of anilines is 1. The van der Waals surface area contributed by atoms with Crippen LogP contribution in [0.25, 0.3) is 11.3 Å². The van der Waals surface area contributed by atoms with Crippen molar-refractivity contribution in [3.8, 4) is 11.3 Å². The Morgan fingerprint density at radius 3 is 2.36 bits per heavy atom. The fraction of sp³-hybridized carbons (Fsp3) is 0.217. The zero-order chi connectivity index (χ0) is 20.1. The second kappa shape index (κ2) is 8.57. The number of aryl methyl sites for hydroxylation is 3. The van der Waals surface area contributed by atoms with Crippen LogP contribution in [-0.2, 0) is 22.6 Å². The molecule has 5 heteroatoms. The SMILES string of the molecule is Cc1ccc(-c2ccc(CCC(=O)O)n2CC(=O)Nc2ccccc2C)cc1. The molecule has 0 unspecified atom stereocenters. The van der Waals surface area contributed by atoms with Crippen molar-refractivity contribution in [1.29, 1.82) is 0 Å². The average molecular weight is 376 g/mol. The number of carbonyl (C=O) groups excluding carboxylic acids is 1. The van der Waals surface area contributed by atoms with Gasteiger partial charge in [-0.15, -0.1) is 0 Å². The predicted molar refractivity (Wildman–Crippen MR) is 110 cm³/mol. The lowest BCUT2D eigenvalue weighted by Gasteiger charge is -2.15. The molecule has 0 saturated heterocycles. The van der Waals surface area contributed by atoms with Gasteiger partial charge in [-0.05, 0) is 49.6 Å². The van der Waals surface area contributed by atoms with Crippen molar-refractivity contribution < 1.29 is 14.7 Å². The molecule has 0 spiro atoms. The summed E-state index contributed by atoms with van der Waals surface area (Å²) in [4.78, 5) is 23.7. The van der Waals surface area contributed by atoms with Gasteiger partial charge < -0.3 is 15.0 Å². The Balaban J connectivity index is 1.88. The van der Waals surface area contributed by atoms with E-state index in [1.165, 1.54) is 0 Å². The molecule has 0 saturated carbocycles. The maximum atomic E-state index is 12.7. The third-order valence-electron chi connectivity index (χ3n) is 4.73. The van der Waals surface area contributed by atoms with Gasteiger partial charge in [-0.2, -0.15) is 0 Å². The van der Waals surface area contributed by atoms with E-state index in [-0.39, 0.29) is 18.9 Å². The van der Waals surface area contributed by atoms with Crippen molar-refractivity contribution in [3.05, 3.63) is 77.5 Å². The van der Waals surface area contributed by atoms with Gasteiger partial charge in [-0.25, -0.2) is 0 Å². The first-order valence-corrected chi connectivity index (χ1v) is 9.27. The topological polar surface area (TPSA) is 71.3 Å².